The molecular weight excluding hydrogens is 529 g/mol. The summed E-state index contributed by atoms with van der Waals surface area (Å²) in [6.07, 6.45) is 2.94. The number of aromatic amines is 1. The minimum atomic E-state index is -1.06. The van der Waals surface area contributed by atoms with E-state index in [1.54, 1.807) is 36.4 Å². The Bertz CT molecular complexity index is 1190. The lowest BCUT2D eigenvalue weighted by molar-refractivity contribution is -0.387. The summed E-state index contributed by atoms with van der Waals surface area (Å²) in [5.41, 5.74) is -1.01. The highest BCUT2D eigenvalue weighted by Crippen LogP contribution is 2.36. The van der Waals surface area contributed by atoms with Gasteiger partial charge >= 0.3 is 11.2 Å². The van der Waals surface area contributed by atoms with Crippen molar-refractivity contribution in [2.24, 2.45) is 0 Å². The Morgan fingerprint density at radius 2 is 1.90 bits per heavy atom. The van der Waals surface area contributed by atoms with Crippen molar-refractivity contribution < 1.29 is 19.2 Å². The number of nitrogens with one attached hydrogen (secondary N) is 1. The molecule has 0 fully saturated rings. The first-order chi connectivity index (χ1) is 14.3. The highest BCUT2D eigenvalue weighted by atomic mass is 79.9. The van der Waals surface area contributed by atoms with E-state index in [1.165, 1.54) is 12.1 Å². The molecule has 0 bridgehead atoms. The highest BCUT2D eigenvalue weighted by Gasteiger charge is 2.21. The number of aromatic hydroxyl groups is 1. The maximum atomic E-state index is 13.7. The van der Waals surface area contributed by atoms with E-state index in [9.17, 15) is 24.4 Å². The van der Waals surface area contributed by atoms with E-state index in [-0.39, 0.29) is 18.2 Å². The SMILES string of the molecule is O=c1[nH]c(/C=C\c2cc(Br)c(OCc3ccccc3F)c(Br)c2)nc(O)c1[N+](=O)[O-]. The average Bonchev–Trinajstić information content (AvgIpc) is 2.66. The molecule has 3 rings (SSSR count). The number of halogens is 3. The van der Waals surface area contributed by atoms with E-state index < -0.39 is 22.0 Å². The number of rotatable bonds is 6. The minimum Gasteiger partial charge on any atom is -0.488 e. The van der Waals surface area contributed by atoms with Crippen molar-refractivity contribution in [1.29, 1.82) is 0 Å². The topological polar surface area (TPSA) is 118 Å². The third-order valence-corrected chi connectivity index (χ3v) is 5.04. The van der Waals surface area contributed by atoms with Gasteiger partial charge in [-0.1, -0.05) is 24.3 Å². The molecule has 0 atom stereocenters. The molecule has 0 aliphatic heterocycles. The Hall–Kier alpha value is -3.05. The number of ether oxygens (including phenoxy) is 1. The zero-order valence-corrected chi connectivity index (χ0v) is 18.1. The second-order valence-electron chi connectivity index (χ2n) is 5.91. The second kappa shape index (κ2) is 9.18. The van der Waals surface area contributed by atoms with Crippen molar-refractivity contribution in [2.75, 3.05) is 0 Å². The third-order valence-electron chi connectivity index (χ3n) is 3.86. The van der Waals surface area contributed by atoms with Crippen molar-refractivity contribution in [1.82, 2.24) is 9.97 Å². The zero-order valence-electron chi connectivity index (χ0n) is 14.9. The first kappa shape index (κ1) is 21.7. The van der Waals surface area contributed by atoms with Crippen LogP contribution in [0.1, 0.15) is 17.0 Å². The monoisotopic (exact) mass is 539 g/mol. The van der Waals surface area contributed by atoms with Gasteiger partial charge in [0.2, 0.25) is 0 Å². The number of hydrogen-bond acceptors (Lipinski definition) is 6. The summed E-state index contributed by atoms with van der Waals surface area (Å²) in [5.74, 6) is -0.926. The molecule has 0 saturated carbocycles. The second-order valence-corrected chi connectivity index (χ2v) is 7.62. The number of aromatic nitrogens is 2. The summed E-state index contributed by atoms with van der Waals surface area (Å²) >= 11 is 6.79. The predicted octanol–water partition coefficient (Wildman–Crippen LogP) is 4.80. The average molecular weight is 541 g/mol. The summed E-state index contributed by atoms with van der Waals surface area (Å²) in [5, 5.41) is 20.3. The summed E-state index contributed by atoms with van der Waals surface area (Å²) in [6.45, 7) is 0.0340. The van der Waals surface area contributed by atoms with Crippen LogP contribution in [0, 0.1) is 15.9 Å². The van der Waals surface area contributed by atoms with Gasteiger partial charge in [-0.15, -0.1) is 0 Å². The van der Waals surface area contributed by atoms with E-state index >= 15 is 0 Å². The first-order valence-electron chi connectivity index (χ1n) is 8.27. The molecule has 8 nitrogen and oxygen atoms in total. The largest absolute Gasteiger partial charge is 0.488 e. The van der Waals surface area contributed by atoms with Gasteiger partial charge in [0, 0.05) is 5.56 Å². The van der Waals surface area contributed by atoms with E-state index in [4.69, 9.17) is 4.74 Å². The van der Waals surface area contributed by atoms with Gasteiger partial charge in [-0.05, 0) is 61.7 Å². The van der Waals surface area contributed by atoms with Crippen LogP contribution in [-0.4, -0.2) is 20.0 Å². The number of nitro groups is 1. The van der Waals surface area contributed by atoms with Crippen LogP contribution in [-0.2, 0) is 6.61 Å². The fourth-order valence-corrected chi connectivity index (χ4v) is 3.92. The number of benzene rings is 2. The van der Waals surface area contributed by atoms with Crippen LogP contribution < -0.4 is 10.3 Å². The molecule has 3 aromatic rings. The van der Waals surface area contributed by atoms with Gasteiger partial charge in [-0.3, -0.25) is 14.9 Å². The quantitative estimate of drug-likeness (QED) is 0.342. The lowest BCUT2D eigenvalue weighted by atomic mass is 10.2. The van der Waals surface area contributed by atoms with Crippen LogP contribution in [0.25, 0.3) is 12.2 Å². The van der Waals surface area contributed by atoms with Gasteiger partial charge in [-0.2, -0.15) is 4.98 Å². The van der Waals surface area contributed by atoms with Gasteiger partial charge in [0.05, 0.1) is 13.9 Å². The lowest BCUT2D eigenvalue weighted by Crippen LogP contribution is -2.14. The van der Waals surface area contributed by atoms with Gasteiger partial charge < -0.3 is 14.8 Å². The molecule has 0 radical (unpaired) electrons. The number of H-pyrrole nitrogens is 1. The summed E-state index contributed by atoms with van der Waals surface area (Å²) < 4.78 is 20.6. The fraction of sp³-hybridized carbons (Fsp3) is 0.0526. The summed E-state index contributed by atoms with van der Waals surface area (Å²) in [4.78, 5) is 27.2. The molecule has 0 unspecified atom stereocenters. The molecular formula is C19H12Br2FN3O5. The predicted molar refractivity (Wildman–Crippen MR) is 115 cm³/mol. The standard InChI is InChI=1S/C19H12Br2FN3O5/c20-12-7-10(5-6-15-23-18(26)16(25(28)29)19(27)24-15)8-13(21)17(12)30-9-11-3-1-2-4-14(11)22/h1-8H,9H2,(H2,23,24,26,27)/b6-5-. The molecule has 0 saturated heterocycles. The van der Waals surface area contributed by atoms with Gasteiger partial charge in [-0.25, -0.2) is 4.39 Å². The molecule has 0 aliphatic carbocycles. The van der Waals surface area contributed by atoms with Gasteiger partial charge in [0.15, 0.2) is 0 Å². The molecule has 2 N–H and O–H groups in total. The molecule has 11 heteroatoms. The molecule has 0 amide bonds. The van der Waals surface area contributed by atoms with Crippen molar-refractivity contribution in [3.8, 4) is 11.6 Å². The van der Waals surface area contributed by atoms with E-state index in [0.29, 0.717) is 25.8 Å². The highest BCUT2D eigenvalue weighted by molar-refractivity contribution is 9.11. The Kier molecular flexibility index (Phi) is 6.63. The maximum Gasteiger partial charge on any atom is 0.395 e. The fourth-order valence-electron chi connectivity index (χ4n) is 2.47. The van der Waals surface area contributed by atoms with Crippen LogP contribution in [0.2, 0.25) is 0 Å². The summed E-state index contributed by atoms with van der Waals surface area (Å²) in [7, 11) is 0. The Labute approximate surface area is 185 Å². The number of hydrogen-bond donors (Lipinski definition) is 2. The molecule has 0 aliphatic rings. The van der Waals surface area contributed by atoms with Crippen molar-refractivity contribution in [3.63, 3.8) is 0 Å². The Morgan fingerprint density at radius 3 is 2.50 bits per heavy atom. The van der Waals surface area contributed by atoms with Crippen LogP contribution >= 0.6 is 31.9 Å². The molecule has 0 spiro atoms. The van der Waals surface area contributed by atoms with Crippen molar-refractivity contribution in [3.05, 3.63) is 88.6 Å². The van der Waals surface area contributed by atoms with Crippen LogP contribution in [0.5, 0.6) is 11.6 Å². The van der Waals surface area contributed by atoms with E-state index in [0.717, 1.165) is 0 Å². The molecule has 1 aromatic heterocycles. The number of nitrogens with zero attached hydrogens (tertiary/aromatic N) is 2. The van der Waals surface area contributed by atoms with E-state index in [1.807, 2.05) is 0 Å². The van der Waals surface area contributed by atoms with Gasteiger partial charge in [0.25, 0.3) is 5.88 Å². The Balaban J connectivity index is 1.81. The normalized spacial score (nSPS) is 11.0. The summed E-state index contributed by atoms with van der Waals surface area (Å²) in [6, 6.07) is 9.71. The van der Waals surface area contributed by atoms with Crippen LogP contribution in [0.3, 0.4) is 0 Å². The lowest BCUT2D eigenvalue weighted by Gasteiger charge is -2.12. The van der Waals surface area contributed by atoms with Crippen LogP contribution in [0.15, 0.2) is 50.1 Å². The smallest absolute Gasteiger partial charge is 0.395 e. The minimum absolute atomic E-state index is 0.0340. The van der Waals surface area contributed by atoms with Crippen LogP contribution in [0.4, 0.5) is 10.1 Å². The van der Waals surface area contributed by atoms with E-state index in [2.05, 4.69) is 41.8 Å². The molecule has 30 heavy (non-hydrogen) atoms. The first-order valence-corrected chi connectivity index (χ1v) is 9.86. The third kappa shape index (κ3) is 4.92. The van der Waals surface area contributed by atoms with Gasteiger partial charge in [0.1, 0.15) is 24.0 Å². The van der Waals surface area contributed by atoms with Crippen molar-refractivity contribution >= 4 is 49.7 Å². The Morgan fingerprint density at radius 1 is 1.23 bits per heavy atom. The van der Waals surface area contributed by atoms with Crippen molar-refractivity contribution in [2.45, 2.75) is 6.61 Å². The molecule has 1 heterocycles. The molecule has 2 aromatic carbocycles. The molecule has 154 valence electrons. The maximum absolute atomic E-state index is 13.7. The zero-order chi connectivity index (χ0) is 21.8.